The standard InChI is InChI=1S/C26H36N8O/c1-20-24(17-32(4)30-20)29-26(35)18-34-11-10-33(14-21-8-6-5-7-9-21)15-22(16-34)12-23-13-25(31(2)3)28-19-27-23/h5-9,13,17,19,22H,10-12,14-16,18H2,1-4H3,(H,29,35)/t22-/m1/s1. The topological polar surface area (TPSA) is 82.4 Å². The molecule has 1 fully saturated rings. The molecule has 1 atom stereocenters. The summed E-state index contributed by atoms with van der Waals surface area (Å²) in [6.07, 6.45) is 4.33. The van der Waals surface area contributed by atoms with Crippen molar-refractivity contribution in [3.63, 3.8) is 0 Å². The highest BCUT2D eigenvalue weighted by atomic mass is 16.2. The summed E-state index contributed by atoms with van der Waals surface area (Å²) in [5, 5.41) is 7.35. The average Bonchev–Trinajstić information content (AvgIpc) is 3.02. The maximum Gasteiger partial charge on any atom is 0.238 e. The van der Waals surface area contributed by atoms with Crippen LogP contribution < -0.4 is 10.2 Å². The highest BCUT2D eigenvalue weighted by Gasteiger charge is 2.25. The van der Waals surface area contributed by atoms with Gasteiger partial charge in [-0.2, -0.15) is 5.10 Å². The molecule has 2 aromatic heterocycles. The largest absolute Gasteiger partial charge is 0.363 e. The zero-order valence-corrected chi connectivity index (χ0v) is 21.2. The van der Waals surface area contributed by atoms with Crippen molar-refractivity contribution in [3.05, 3.63) is 65.9 Å². The lowest BCUT2D eigenvalue weighted by Crippen LogP contribution is -2.37. The van der Waals surface area contributed by atoms with Crippen molar-refractivity contribution >= 4 is 17.4 Å². The second-order valence-corrected chi connectivity index (χ2v) is 9.64. The number of amides is 1. The van der Waals surface area contributed by atoms with Crippen LogP contribution in [0.1, 0.15) is 17.0 Å². The van der Waals surface area contributed by atoms with E-state index in [4.69, 9.17) is 0 Å². The number of aryl methyl sites for hydroxylation is 2. The van der Waals surface area contributed by atoms with Gasteiger partial charge in [0.05, 0.1) is 17.9 Å². The van der Waals surface area contributed by atoms with E-state index < -0.39 is 0 Å². The Bertz CT molecular complexity index is 1110. The summed E-state index contributed by atoms with van der Waals surface area (Å²) in [5.41, 5.74) is 3.93. The molecular formula is C26H36N8O. The second kappa shape index (κ2) is 11.4. The van der Waals surface area contributed by atoms with E-state index in [9.17, 15) is 4.79 Å². The number of carbonyl (C=O) groups excluding carboxylic acids is 1. The Hall–Kier alpha value is -3.30. The number of carbonyl (C=O) groups is 1. The van der Waals surface area contributed by atoms with Gasteiger partial charge in [0.1, 0.15) is 12.1 Å². The molecule has 186 valence electrons. The summed E-state index contributed by atoms with van der Waals surface area (Å²) in [5.74, 6) is 1.25. The van der Waals surface area contributed by atoms with Gasteiger partial charge in [-0.05, 0) is 24.8 Å². The van der Waals surface area contributed by atoms with E-state index >= 15 is 0 Å². The Labute approximate surface area is 207 Å². The summed E-state index contributed by atoms with van der Waals surface area (Å²) in [7, 11) is 5.84. The first-order chi connectivity index (χ1) is 16.9. The van der Waals surface area contributed by atoms with Crippen LogP contribution in [0.3, 0.4) is 0 Å². The van der Waals surface area contributed by atoms with Gasteiger partial charge in [-0.25, -0.2) is 9.97 Å². The SMILES string of the molecule is Cc1nn(C)cc1NC(=O)CN1CCN(Cc2ccccc2)C[C@@H](Cc2cc(N(C)C)ncn2)C1. The first kappa shape index (κ1) is 24.8. The van der Waals surface area contributed by atoms with Gasteiger partial charge in [0, 0.05) is 71.8 Å². The zero-order valence-electron chi connectivity index (χ0n) is 21.2. The van der Waals surface area contributed by atoms with Crippen molar-refractivity contribution < 1.29 is 4.79 Å². The minimum Gasteiger partial charge on any atom is -0.363 e. The quantitative estimate of drug-likeness (QED) is 0.534. The average molecular weight is 477 g/mol. The number of hydrogen-bond acceptors (Lipinski definition) is 7. The lowest BCUT2D eigenvalue weighted by molar-refractivity contribution is -0.117. The second-order valence-electron chi connectivity index (χ2n) is 9.64. The van der Waals surface area contributed by atoms with E-state index in [1.807, 2.05) is 39.2 Å². The van der Waals surface area contributed by atoms with Gasteiger partial charge < -0.3 is 10.2 Å². The molecule has 0 unspecified atom stereocenters. The molecular weight excluding hydrogens is 440 g/mol. The van der Waals surface area contributed by atoms with Crippen molar-refractivity contribution in [3.8, 4) is 0 Å². The van der Waals surface area contributed by atoms with Crippen molar-refractivity contribution in [2.24, 2.45) is 13.0 Å². The van der Waals surface area contributed by atoms with E-state index in [0.717, 1.165) is 62.0 Å². The minimum absolute atomic E-state index is 0.00621. The molecule has 9 heteroatoms. The summed E-state index contributed by atoms with van der Waals surface area (Å²) in [6, 6.07) is 12.6. The van der Waals surface area contributed by atoms with Crippen LogP contribution >= 0.6 is 0 Å². The summed E-state index contributed by atoms with van der Waals surface area (Å²) in [4.78, 5) is 28.5. The van der Waals surface area contributed by atoms with Gasteiger partial charge >= 0.3 is 0 Å². The number of rotatable bonds is 8. The summed E-state index contributed by atoms with van der Waals surface area (Å²) >= 11 is 0. The van der Waals surface area contributed by atoms with Crippen LogP contribution in [0.2, 0.25) is 0 Å². The molecule has 1 N–H and O–H groups in total. The summed E-state index contributed by atoms with van der Waals surface area (Å²) in [6.45, 7) is 6.72. The molecule has 0 bridgehead atoms. The van der Waals surface area contributed by atoms with E-state index in [1.54, 1.807) is 11.0 Å². The Morgan fingerprint density at radius 1 is 1.11 bits per heavy atom. The van der Waals surface area contributed by atoms with Gasteiger partial charge in [-0.1, -0.05) is 30.3 Å². The van der Waals surface area contributed by atoms with Gasteiger partial charge in [-0.3, -0.25) is 19.3 Å². The maximum absolute atomic E-state index is 12.9. The van der Waals surface area contributed by atoms with E-state index in [-0.39, 0.29) is 5.91 Å². The molecule has 3 aromatic rings. The van der Waals surface area contributed by atoms with Crippen LogP contribution in [0.4, 0.5) is 11.5 Å². The lowest BCUT2D eigenvalue weighted by atomic mass is 10.0. The number of anilines is 2. The highest BCUT2D eigenvalue weighted by Crippen LogP contribution is 2.19. The van der Waals surface area contributed by atoms with Crippen LogP contribution in [-0.2, 0) is 24.8 Å². The van der Waals surface area contributed by atoms with Gasteiger partial charge in [0.25, 0.3) is 0 Å². The predicted molar refractivity (Wildman–Crippen MR) is 138 cm³/mol. The molecule has 4 rings (SSSR count). The molecule has 35 heavy (non-hydrogen) atoms. The number of benzene rings is 1. The van der Waals surface area contributed by atoms with Crippen LogP contribution in [0, 0.1) is 12.8 Å². The fraction of sp³-hybridized carbons (Fsp3) is 0.462. The summed E-state index contributed by atoms with van der Waals surface area (Å²) < 4.78 is 1.72. The van der Waals surface area contributed by atoms with E-state index in [0.29, 0.717) is 12.5 Å². The van der Waals surface area contributed by atoms with Crippen molar-refractivity contribution in [2.75, 3.05) is 57.0 Å². The van der Waals surface area contributed by atoms with Gasteiger partial charge in [0.2, 0.25) is 5.91 Å². The first-order valence-corrected chi connectivity index (χ1v) is 12.1. The van der Waals surface area contributed by atoms with Crippen molar-refractivity contribution in [1.29, 1.82) is 0 Å². The third-order valence-corrected chi connectivity index (χ3v) is 6.33. The van der Waals surface area contributed by atoms with Gasteiger partial charge in [0.15, 0.2) is 0 Å². The van der Waals surface area contributed by atoms with Crippen LogP contribution in [0.5, 0.6) is 0 Å². The molecule has 0 spiro atoms. The molecule has 1 aromatic carbocycles. The smallest absolute Gasteiger partial charge is 0.238 e. The number of aromatic nitrogens is 4. The molecule has 3 heterocycles. The molecule has 0 saturated carbocycles. The molecule has 0 radical (unpaired) electrons. The number of nitrogens with one attached hydrogen (secondary N) is 1. The Balaban J connectivity index is 1.46. The Morgan fingerprint density at radius 2 is 1.86 bits per heavy atom. The van der Waals surface area contributed by atoms with Crippen molar-refractivity contribution in [2.45, 2.75) is 19.9 Å². The molecule has 1 aliphatic heterocycles. The van der Waals surface area contributed by atoms with E-state index in [2.05, 4.69) is 66.6 Å². The third kappa shape index (κ3) is 7.10. The monoisotopic (exact) mass is 476 g/mol. The number of nitrogens with zero attached hydrogens (tertiary/aromatic N) is 7. The fourth-order valence-corrected chi connectivity index (χ4v) is 4.66. The first-order valence-electron chi connectivity index (χ1n) is 12.1. The Kier molecular flexibility index (Phi) is 8.09. The molecule has 1 amide bonds. The van der Waals surface area contributed by atoms with Gasteiger partial charge in [-0.15, -0.1) is 0 Å². The molecule has 0 aliphatic carbocycles. The third-order valence-electron chi connectivity index (χ3n) is 6.33. The Morgan fingerprint density at radius 3 is 2.57 bits per heavy atom. The predicted octanol–water partition coefficient (Wildman–Crippen LogP) is 2.20. The number of hydrogen-bond donors (Lipinski definition) is 1. The van der Waals surface area contributed by atoms with Crippen LogP contribution in [0.15, 0.2) is 48.9 Å². The molecule has 1 saturated heterocycles. The minimum atomic E-state index is -0.00621. The lowest BCUT2D eigenvalue weighted by Gasteiger charge is -2.24. The highest BCUT2D eigenvalue weighted by molar-refractivity contribution is 5.92. The van der Waals surface area contributed by atoms with Crippen LogP contribution in [-0.4, -0.2) is 82.3 Å². The zero-order chi connectivity index (χ0) is 24.8. The molecule has 9 nitrogen and oxygen atoms in total. The fourth-order valence-electron chi connectivity index (χ4n) is 4.66. The normalized spacial score (nSPS) is 17.2. The molecule has 1 aliphatic rings. The van der Waals surface area contributed by atoms with Crippen LogP contribution in [0.25, 0.3) is 0 Å². The van der Waals surface area contributed by atoms with Crippen molar-refractivity contribution in [1.82, 2.24) is 29.5 Å². The van der Waals surface area contributed by atoms with E-state index in [1.165, 1.54) is 5.56 Å². The maximum atomic E-state index is 12.9.